The molecular weight excluding hydrogens is 242 g/mol. The Morgan fingerprint density at radius 2 is 1.74 bits per heavy atom. The fourth-order valence-electron chi connectivity index (χ4n) is 1.97. The number of aliphatic hydroxyl groups is 1. The average molecular weight is 267 g/mol. The van der Waals surface area contributed by atoms with E-state index in [-0.39, 0.29) is 6.04 Å². The molecule has 0 saturated heterocycles. The van der Waals surface area contributed by atoms with Gasteiger partial charge in [-0.2, -0.15) is 0 Å². The van der Waals surface area contributed by atoms with Gasteiger partial charge < -0.3 is 19.9 Å². The molecule has 1 aromatic rings. The summed E-state index contributed by atoms with van der Waals surface area (Å²) < 4.78 is 11.1. The van der Waals surface area contributed by atoms with Crippen molar-refractivity contribution in [3.63, 3.8) is 0 Å². The average Bonchev–Trinajstić information content (AvgIpc) is 2.40. The fourth-order valence-corrected chi connectivity index (χ4v) is 1.97. The topological polar surface area (TPSA) is 50.7 Å². The van der Waals surface area contributed by atoms with Gasteiger partial charge in [0, 0.05) is 6.04 Å². The van der Waals surface area contributed by atoms with Gasteiger partial charge in [-0.15, -0.1) is 0 Å². The number of aliphatic hydroxyl groups excluding tert-OH is 1. The molecule has 0 spiro atoms. The van der Waals surface area contributed by atoms with E-state index in [0.717, 1.165) is 17.9 Å². The minimum Gasteiger partial charge on any atom is -0.490 e. The minimum atomic E-state index is -0.560. The van der Waals surface area contributed by atoms with Crippen LogP contribution in [0, 0.1) is 0 Å². The predicted octanol–water partition coefficient (Wildman–Crippen LogP) is 2.52. The van der Waals surface area contributed by atoms with Gasteiger partial charge >= 0.3 is 0 Å². The maximum absolute atomic E-state index is 10.3. The second kappa shape index (κ2) is 8.02. The van der Waals surface area contributed by atoms with E-state index in [4.69, 9.17) is 9.47 Å². The van der Waals surface area contributed by atoms with Gasteiger partial charge in [0.05, 0.1) is 19.3 Å². The molecule has 0 saturated carbocycles. The van der Waals surface area contributed by atoms with Crippen LogP contribution in [-0.2, 0) is 0 Å². The number of benzene rings is 1. The summed E-state index contributed by atoms with van der Waals surface area (Å²) in [5.41, 5.74) is 0.834. The van der Waals surface area contributed by atoms with Crippen LogP contribution in [0.25, 0.3) is 0 Å². The summed E-state index contributed by atoms with van der Waals surface area (Å²) in [5.74, 6) is 1.40. The van der Waals surface area contributed by atoms with Crippen molar-refractivity contribution in [3.8, 4) is 11.5 Å². The van der Waals surface area contributed by atoms with Crippen LogP contribution in [0.15, 0.2) is 18.2 Å². The SMILES string of the molecule is CCNC(C)C(O)c1ccc(OCC)c(OCC)c1. The first-order valence-electron chi connectivity index (χ1n) is 6.94. The highest BCUT2D eigenvalue weighted by Gasteiger charge is 2.17. The number of rotatable bonds is 8. The van der Waals surface area contributed by atoms with Gasteiger partial charge in [-0.1, -0.05) is 13.0 Å². The van der Waals surface area contributed by atoms with Gasteiger partial charge in [0.1, 0.15) is 0 Å². The van der Waals surface area contributed by atoms with Gasteiger partial charge in [0.25, 0.3) is 0 Å². The van der Waals surface area contributed by atoms with Crippen LogP contribution < -0.4 is 14.8 Å². The van der Waals surface area contributed by atoms with Crippen molar-refractivity contribution in [3.05, 3.63) is 23.8 Å². The Morgan fingerprint density at radius 3 is 2.32 bits per heavy atom. The Bertz CT molecular complexity index is 382. The van der Waals surface area contributed by atoms with Crippen LogP contribution in [-0.4, -0.2) is 30.9 Å². The van der Waals surface area contributed by atoms with Crippen molar-refractivity contribution < 1.29 is 14.6 Å². The molecule has 4 heteroatoms. The van der Waals surface area contributed by atoms with Crippen molar-refractivity contribution in [2.75, 3.05) is 19.8 Å². The number of likely N-dealkylation sites (N-methyl/N-ethyl adjacent to an activating group) is 1. The van der Waals surface area contributed by atoms with E-state index in [1.165, 1.54) is 0 Å². The van der Waals surface area contributed by atoms with Gasteiger partial charge in [-0.05, 0) is 45.0 Å². The third-order valence-corrected chi connectivity index (χ3v) is 2.91. The van der Waals surface area contributed by atoms with Gasteiger partial charge in [0.2, 0.25) is 0 Å². The summed E-state index contributed by atoms with van der Waals surface area (Å²) in [7, 11) is 0. The zero-order chi connectivity index (χ0) is 14.3. The molecule has 1 aromatic carbocycles. The zero-order valence-corrected chi connectivity index (χ0v) is 12.3. The van der Waals surface area contributed by atoms with Gasteiger partial charge in [0.15, 0.2) is 11.5 Å². The third kappa shape index (κ3) is 4.40. The number of hydrogen-bond donors (Lipinski definition) is 2. The lowest BCUT2D eigenvalue weighted by Crippen LogP contribution is -2.31. The molecule has 0 bridgehead atoms. The normalized spacial score (nSPS) is 13.9. The lowest BCUT2D eigenvalue weighted by atomic mass is 10.0. The van der Waals surface area contributed by atoms with E-state index in [1.54, 1.807) is 0 Å². The molecule has 4 nitrogen and oxygen atoms in total. The van der Waals surface area contributed by atoms with Crippen LogP contribution in [0.2, 0.25) is 0 Å². The molecule has 0 aliphatic carbocycles. The fraction of sp³-hybridized carbons (Fsp3) is 0.600. The maximum atomic E-state index is 10.3. The first-order chi connectivity index (χ1) is 9.13. The number of hydrogen-bond acceptors (Lipinski definition) is 4. The van der Waals surface area contributed by atoms with Crippen LogP contribution >= 0.6 is 0 Å². The number of ether oxygens (including phenoxy) is 2. The monoisotopic (exact) mass is 267 g/mol. The summed E-state index contributed by atoms with van der Waals surface area (Å²) in [5, 5.41) is 13.5. The van der Waals surface area contributed by atoms with Crippen molar-refractivity contribution >= 4 is 0 Å². The summed E-state index contributed by atoms with van der Waals surface area (Å²) in [6.07, 6.45) is -0.560. The van der Waals surface area contributed by atoms with Gasteiger partial charge in [-0.25, -0.2) is 0 Å². The van der Waals surface area contributed by atoms with E-state index in [0.29, 0.717) is 19.0 Å². The Morgan fingerprint density at radius 1 is 1.11 bits per heavy atom. The Labute approximate surface area is 115 Å². The molecule has 19 heavy (non-hydrogen) atoms. The van der Waals surface area contributed by atoms with Crippen molar-refractivity contribution in [1.82, 2.24) is 5.32 Å². The molecule has 0 aliphatic rings. The molecule has 0 aliphatic heterocycles. The molecule has 1 rings (SSSR count). The van der Waals surface area contributed by atoms with Crippen LogP contribution in [0.1, 0.15) is 39.4 Å². The maximum Gasteiger partial charge on any atom is 0.161 e. The highest BCUT2D eigenvalue weighted by atomic mass is 16.5. The summed E-state index contributed by atoms with van der Waals surface area (Å²) in [4.78, 5) is 0. The second-order valence-electron chi connectivity index (χ2n) is 4.36. The number of nitrogens with one attached hydrogen (secondary N) is 1. The molecule has 108 valence electrons. The van der Waals surface area contributed by atoms with Gasteiger partial charge in [-0.3, -0.25) is 0 Å². The molecule has 2 atom stereocenters. The molecule has 0 amide bonds. The van der Waals surface area contributed by atoms with E-state index in [2.05, 4.69) is 5.32 Å². The predicted molar refractivity (Wildman–Crippen MR) is 76.9 cm³/mol. The summed E-state index contributed by atoms with van der Waals surface area (Å²) in [6.45, 7) is 9.84. The van der Waals surface area contributed by atoms with E-state index in [1.807, 2.05) is 45.9 Å². The highest BCUT2D eigenvalue weighted by molar-refractivity contribution is 5.43. The summed E-state index contributed by atoms with van der Waals surface area (Å²) >= 11 is 0. The summed E-state index contributed by atoms with van der Waals surface area (Å²) in [6, 6.07) is 5.59. The van der Waals surface area contributed by atoms with Crippen LogP contribution in [0.3, 0.4) is 0 Å². The zero-order valence-electron chi connectivity index (χ0n) is 12.3. The highest BCUT2D eigenvalue weighted by Crippen LogP contribution is 2.31. The van der Waals surface area contributed by atoms with Crippen molar-refractivity contribution in [2.24, 2.45) is 0 Å². The molecule has 0 heterocycles. The third-order valence-electron chi connectivity index (χ3n) is 2.91. The van der Waals surface area contributed by atoms with E-state index >= 15 is 0 Å². The van der Waals surface area contributed by atoms with Crippen molar-refractivity contribution in [1.29, 1.82) is 0 Å². The van der Waals surface area contributed by atoms with Crippen LogP contribution in [0.5, 0.6) is 11.5 Å². The molecular formula is C15H25NO3. The quantitative estimate of drug-likeness (QED) is 0.760. The minimum absolute atomic E-state index is 0.00239. The second-order valence-corrected chi connectivity index (χ2v) is 4.36. The molecule has 0 radical (unpaired) electrons. The van der Waals surface area contributed by atoms with Crippen LogP contribution in [0.4, 0.5) is 0 Å². The van der Waals surface area contributed by atoms with Crippen molar-refractivity contribution in [2.45, 2.75) is 39.8 Å². The first kappa shape index (κ1) is 15.8. The first-order valence-corrected chi connectivity index (χ1v) is 6.94. The Kier molecular flexibility index (Phi) is 6.67. The van der Waals surface area contributed by atoms with E-state index in [9.17, 15) is 5.11 Å². The molecule has 0 fully saturated rings. The smallest absolute Gasteiger partial charge is 0.161 e. The van der Waals surface area contributed by atoms with E-state index < -0.39 is 6.10 Å². The Balaban J connectivity index is 2.93. The standard InChI is InChI=1S/C15H25NO3/c1-5-16-11(4)15(17)12-8-9-13(18-6-2)14(10-12)19-7-3/h8-11,15-17H,5-7H2,1-4H3. The lowest BCUT2D eigenvalue weighted by molar-refractivity contribution is 0.136. The molecule has 0 aromatic heterocycles. The lowest BCUT2D eigenvalue weighted by Gasteiger charge is -2.21. The molecule has 2 unspecified atom stereocenters. The Hall–Kier alpha value is -1.26. The largest absolute Gasteiger partial charge is 0.490 e. The molecule has 2 N–H and O–H groups in total.